The topological polar surface area (TPSA) is 85.9 Å². The van der Waals surface area contributed by atoms with Crippen molar-refractivity contribution in [3.05, 3.63) is 103 Å². The normalized spacial score (nSPS) is 9.87. The Morgan fingerprint density at radius 2 is 1.50 bits per heavy atom. The number of aromatic nitrogens is 3. The van der Waals surface area contributed by atoms with E-state index in [4.69, 9.17) is 14.0 Å². The van der Waals surface area contributed by atoms with Gasteiger partial charge in [-0.1, -0.05) is 72.8 Å². The summed E-state index contributed by atoms with van der Waals surface area (Å²) in [5, 5.41) is 8.18. The molecule has 0 saturated heterocycles. The first kappa shape index (κ1) is 20.6. The SMILES string of the molecule is C=C(Cc1ccc(-c2ccccc2)cc1)Cc1nnc(-c2ccccn2)o1.O=C=O. The van der Waals surface area contributed by atoms with Crippen molar-refractivity contribution in [3.8, 4) is 22.7 Å². The number of carbonyl (C=O) groups excluding carboxylic acids is 2. The molecule has 0 N–H and O–H groups in total. The molecule has 30 heavy (non-hydrogen) atoms. The second kappa shape index (κ2) is 10.4. The van der Waals surface area contributed by atoms with E-state index in [1.165, 1.54) is 16.7 Å². The number of hydrogen-bond donors (Lipinski definition) is 0. The van der Waals surface area contributed by atoms with E-state index >= 15 is 0 Å². The zero-order chi connectivity index (χ0) is 21.2. The third-order valence-corrected chi connectivity index (χ3v) is 4.27. The van der Waals surface area contributed by atoms with Gasteiger partial charge in [0, 0.05) is 12.6 Å². The summed E-state index contributed by atoms with van der Waals surface area (Å²) in [6.07, 6.45) is 3.29. The fourth-order valence-corrected chi connectivity index (χ4v) is 2.93. The maximum absolute atomic E-state index is 8.12. The van der Waals surface area contributed by atoms with Crippen molar-refractivity contribution in [2.24, 2.45) is 0 Å². The summed E-state index contributed by atoms with van der Waals surface area (Å²) in [5.74, 6) is 0.993. The smallest absolute Gasteiger partial charge is 0.373 e. The van der Waals surface area contributed by atoms with E-state index in [1.807, 2.05) is 24.3 Å². The highest BCUT2D eigenvalue weighted by atomic mass is 16.4. The molecule has 0 atom stereocenters. The van der Waals surface area contributed by atoms with Crippen LogP contribution < -0.4 is 0 Å². The van der Waals surface area contributed by atoms with Crippen molar-refractivity contribution in [3.63, 3.8) is 0 Å². The van der Waals surface area contributed by atoms with Gasteiger partial charge in [0.25, 0.3) is 5.89 Å². The second-order valence-corrected chi connectivity index (χ2v) is 6.47. The maximum atomic E-state index is 8.12. The van der Waals surface area contributed by atoms with E-state index in [1.54, 1.807) is 6.20 Å². The molecule has 4 rings (SSSR count). The summed E-state index contributed by atoms with van der Waals surface area (Å²) < 4.78 is 5.71. The second-order valence-electron chi connectivity index (χ2n) is 6.47. The Labute approximate surface area is 173 Å². The van der Waals surface area contributed by atoms with Gasteiger partial charge in [-0.15, -0.1) is 10.2 Å². The van der Waals surface area contributed by atoms with E-state index < -0.39 is 0 Å². The molecule has 0 aliphatic rings. The third-order valence-electron chi connectivity index (χ3n) is 4.27. The van der Waals surface area contributed by atoms with Crippen LogP contribution in [0, 0.1) is 0 Å². The molecule has 6 nitrogen and oxygen atoms in total. The maximum Gasteiger partial charge on any atom is 0.373 e. The number of hydrogen-bond acceptors (Lipinski definition) is 6. The van der Waals surface area contributed by atoms with E-state index in [0.717, 1.165) is 12.0 Å². The van der Waals surface area contributed by atoms with E-state index in [9.17, 15) is 0 Å². The van der Waals surface area contributed by atoms with Gasteiger partial charge in [0.15, 0.2) is 0 Å². The molecule has 2 aromatic carbocycles. The van der Waals surface area contributed by atoms with Crippen molar-refractivity contribution in [2.75, 3.05) is 0 Å². The van der Waals surface area contributed by atoms with Crippen LogP contribution in [0.2, 0.25) is 0 Å². The first-order chi connectivity index (χ1) is 14.7. The van der Waals surface area contributed by atoms with Crippen LogP contribution >= 0.6 is 0 Å². The Balaban J connectivity index is 0.000000806. The van der Waals surface area contributed by atoms with Gasteiger partial charge in [0.1, 0.15) is 5.69 Å². The molecular weight excluding hydrogens is 378 g/mol. The van der Waals surface area contributed by atoms with Gasteiger partial charge in [-0.25, -0.2) is 0 Å². The molecule has 2 aromatic heterocycles. The first-order valence-electron chi connectivity index (χ1n) is 9.23. The van der Waals surface area contributed by atoms with Crippen molar-refractivity contribution in [1.82, 2.24) is 15.2 Å². The highest BCUT2D eigenvalue weighted by Gasteiger charge is 2.10. The van der Waals surface area contributed by atoms with Gasteiger partial charge in [0.05, 0.1) is 0 Å². The lowest BCUT2D eigenvalue weighted by Gasteiger charge is -2.06. The average Bonchev–Trinajstić information content (AvgIpc) is 3.24. The summed E-state index contributed by atoms with van der Waals surface area (Å²) in [5.41, 5.74) is 5.35. The van der Waals surface area contributed by atoms with Gasteiger partial charge in [-0.2, -0.15) is 9.59 Å². The Morgan fingerprint density at radius 1 is 0.833 bits per heavy atom. The van der Waals surface area contributed by atoms with Crippen molar-refractivity contribution >= 4 is 6.15 Å². The molecule has 148 valence electrons. The van der Waals surface area contributed by atoms with Gasteiger partial charge in [0.2, 0.25) is 5.89 Å². The van der Waals surface area contributed by atoms with Crippen LogP contribution in [0.25, 0.3) is 22.7 Å². The minimum absolute atomic E-state index is 0.250. The van der Waals surface area contributed by atoms with Crippen molar-refractivity contribution in [1.29, 1.82) is 0 Å². The first-order valence-corrected chi connectivity index (χ1v) is 9.23. The predicted molar refractivity (Wildman–Crippen MR) is 111 cm³/mol. The largest absolute Gasteiger partial charge is 0.419 e. The number of rotatable bonds is 6. The summed E-state index contributed by atoms with van der Waals surface area (Å²) in [6, 6.07) is 24.5. The van der Waals surface area contributed by atoms with Gasteiger partial charge in [-0.05, 0) is 35.2 Å². The molecule has 0 unspecified atom stereocenters. The fourth-order valence-electron chi connectivity index (χ4n) is 2.93. The predicted octanol–water partition coefficient (Wildman–Crippen LogP) is 4.56. The Hall–Kier alpha value is -4.15. The molecule has 0 aliphatic heterocycles. The standard InChI is InChI=1S/C23H19N3O.CO2/c1-17(16-22-25-26-23(27-22)21-9-5-6-14-24-21)15-18-10-12-20(13-11-18)19-7-3-2-4-8-19;2-1-3/h2-14H,1,15-16H2;. The zero-order valence-electron chi connectivity index (χ0n) is 16.2. The summed E-state index contributed by atoms with van der Waals surface area (Å²) in [4.78, 5) is 20.5. The number of benzene rings is 2. The van der Waals surface area contributed by atoms with Crippen molar-refractivity contribution in [2.45, 2.75) is 12.8 Å². The molecule has 6 heteroatoms. The van der Waals surface area contributed by atoms with E-state index in [-0.39, 0.29) is 6.15 Å². The lowest BCUT2D eigenvalue weighted by atomic mass is 10.00. The molecule has 0 bridgehead atoms. The Morgan fingerprint density at radius 3 is 2.17 bits per heavy atom. The Kier molecular flexibility index (Phi) is 7.14. The van der Waals surface area contributed by atoms with Crippen LogP contribution in [-0.4, -0.2) is 21.3 Å². The number of pyridine rings is 1. The van der Waals surface area contributed by atoms with Crippen LogP contribution in [0.3, 0.4) is 0 Å². The highest BCUT2D eigenvalue weighted by molar-refractivity contribution is 5.63. The van der Waals surface area contributed by atoms with Gasteiger partial charge >= 0.3 is 6.15 Å². The molecule has 0 amide bonds. The molecule has 4 aromatic rings. The summed E-state index contributed by atoms with van der Waals surface area (Å²) in [7, 11) is 0. The van der Waals surface area contributed by atoms with Crippen LogP contribution in [0.1, 0.15) is 11.5 Å². The minimum atomic E-state index is 0.250. The molecular formula is C24H19N3O3. The summed E-state index contributed by atoms with van der Waals surface area (Å²) in [6.45, 7) is 4.16. The van der Waals surface area contributed by atoms with E-state index in [2.05, 4.69) is 70.3 Å². The average molecular weight is 397 g/mol. The minimum Gasteiger partial charge on any atom is -0.419 e. The zero-order valence-corrected chi connectivity index (χ0v) is 16.2. The van der Waals surface area contributed by atoms with Crippen LogP contribution in [0.15, 0.2) is 95.6 Å². The van der Waals surface area contributed by atoms with E-state index in [0.29, 0.717) is 23.9 Å². The molecule has 0 fully saturated rings. The lowest BCUT2D eigenvalue weighted by molar-refractivity contribution is -0.191. The quantitative estimate of drug-likeness (QED) is 0.444. The van der Waals surface area contributed by atoms with Crippen LogP contribution in [0.4, 0.5) is 0 Å². The molecule has 2 heterocycles. The molecule has 0 radical (unpaired) electrons. The number of allylic oxidation sites excluding steroid dienone is 1. The monoisotopic (exact) mass is 397 g/mol. The van der Waals surface area contributed by atoms with Crippen LogP contribution in [0.5, 0.6) is 0 Å². The third kappa shape index (κ3) is 5.67. The Bertz CT molecular complexity index is 1120. The lowest BCUT2D eigenvalue weighted by Crippen LogP contribution is -1.94. The van der Waals surface area contributed by atoms with Crippen LogP contribution in [-0.2, 0) is 22.4 Å². The van der Waals surface area contributed by atoms with Crippen molar-refractivity contribution < 1.29 is 14.0 Å². The van der Waals surface area contributed by atoms with Gasteiger partial charge in [-0.3, -0.25) is 4.98 Å². The molecule has 0 saturated carbocycles. The highest BCUT2D eigenvalue weighted by Crippen LogP contribution is 2.21. The number of nitrogens with zero attached hydrogens (tertiary/aromatic N) is 3. The van der Waals surface area contributed by atoms with Gasteiger partial charge < -0.3 is 4.42 Å². The summed E-state index contributed by atoms with van der Waals surface area (Å²) >= 11 is 0. The fraction of sp³-hybridized carbons (Fsp3) is 0.0833. The molecule has 0 aliphatic carbocycles. The molecule has 0 spiro atoms.